The summed E-state index contributed by atoms with van der Waals surface area (Å²) in [5.41, 5.74) is 0. The third kappa shape index (κ3) is 10.9. The van der Waals surface area contributed by atoms with Crippen molar-refractivity contribution in [3.05, 3.63) is 0 Å². The van der Waals surface area contributed by atoms with Gasteiger partial charge in [0.05, 0.1) is 5.75 Å². The van der Waals surface area contributed by atoms with Gasteiger partial charge in [0.1, 0.15) is 0 Å². The summed E-state index contributed by atoms with van der Waals surface area (Å²) in [4.78, 5) is 12.3. The minimum absolute atomic E-state index is 0.122. The Morgan fingerprint density at radius 3 is 2.32 bits per heavy atom. The molecule has 0 bridgehead atoms. The van der Waals surface area contributed by atoms with Crippen molar-refractivity contribution in [3.8, 4) is 0 Å². The second-order valence-corrected chi connectivity index (χ2v) is 7.40. The molecule has 0 aromatic heterocycles. The summed E-state index contributed by atoms with van der Waals surface area (Å²) in [7, 11) is 0.382. The lowest BCUT2D eigenvalue weighted by molar-refractivity contribution is -0.137. The van der Waals surface area contributed by atoms with Crippen LogP contribution in [0.1, 0.15) is 33.1 Å². The molecule has 0 fully saturated rings. The average molecular weight is 294 g/mol. The van der Waals surface area contributed by atoms with E-state index in [9.17, 15) is 13.2 Å². The van der Waals surface area contributed by atoms with E-state index in [0.717, 1.165) is 6.42 Å². The molecule has 0 aliphatic heterocycles. The lowest BCUT2D eigenvalue weighted by Gasteiger charge is -2.23. The molecule has 0 spiro atoms. The Morgan fingerprint density at radius 1 is 1.32 bits per heavy atom. The summed E-state index contributed by atoms with van der Waals surface area (Å²) >= 11 is 0. The Balaban J connectivity index is 4.41. The first-order valence-corrected chi connectivity index (χ1v) is 8.14. The van der Waals surface area contributed by atoms with Crippen LogP contribution in [0.3, 0.4) is 0 Å². The fourth-order valence-electron chi connectivity index (χ4n) is 1.90. The highest BCUT2D eigenvalue weighted by Gasteiger charge is 2.19. The topological polar surface area (TPSA) is 86.7 Å². The summed E-state index contributed by atoms with van der Waals surface area (Å²) in [5, 5.41) is 8.51. The number of carboxylic acids is 1. The monoisotopic (exact) mass is 294 g/mol. The zero-order valence-electron chi connectivity index (χ0n) is 12.2. The number of likely N-dealkylation sites (N-methyl/N-ethyl adjacent to an activating group) is 1. The third-order valence-corrected chi connectivity index (χ3v) is 4.01. The van der Waals surface area contributed by atoms with Crippen LogP contribution in [-0.2, 0) is 14.8 Å². The molecule has 0 rings (SSSR count). The molecule has 0 aliphatic carbocycles. The minimum Gasteiger partial charge on any atom is -0.481 e. The standard InChI is InChI=1S/C12H26N2O4S/c1-10(2)8-11(9-14(3)4)13-19(17,18)7-5-6-12(15)16/h10-11,13H,5-9H2,1-4H3,(H,15,16). The summed E-state index contributed by atoms with van der Waals surface area (Å²) in [6.45, 7) is 4.72. The van der Waals surface area contributed by atoms with E-state index in [-0.39, 0.29) is 24.6 Å². The van der Waals surface area contributed by atoms with Crippen LogP contribution in [-0.4, -0.2) is 56.8 Å². The van der Waals surface area contributed by atoms with Gasteiger partial charge in [0, 0.05) is 19.0 Å². The second-order valence-electron chi connectivity index (χ2n) is 5.52. The van der Waals surface area contributed by atoms with Gasteiger partial charge in [-0.05, 0) is 32.9 Å². The molecule has 19 heavy (non-hydrogen) atoms. The molecule has 0 aromatic carbocycles. The molecule has 1 atom stereocenters. The van der Waals surface area contributed by atoms with Gasteiger partial charge >= 0.3 is 5.97 Å². The van der Waals surface area contributed by atoms with Gasteiger partial charge in [0.15, 0.2) is 0 Å². The fraction of sp³-hybridized carbons (Fsp3) is 0.917. The first kappa shape index (κ1) is 18.3. The highest BCUT2D eigenvalue weighted by molar-refractivity contribution is 7.89. The number of aliphatic carboxylic acids is 1. The van der Waals surface area contributed by atoms with Crippen molar-refractivity contribution >= 4 is 16.0 Å². The van der Waals surface area contributed by atoms with Crippen molar-refractivity contribution in [3.63, 3.8) is 0 Å². The molecule has 0 heterocycles. The van der Waals surface area contributed by atoms with Crippen molar-refractivity contribution in [1.29, 1.82) is 0 Å². The molecular formula is C12H26N2O4S. The van der Waals surface area contributed by atoms with Crippen molar-refractivity contribution in [2.75, 3.05) is 26.4 Å². The molecule has 7 heteroatoms. The fourth-order valence-corrected chi connectivity index (χ4v) is 3.22. The first-order chi connectivity index (χ1) is 8.62. The van der Waals surface area contributed by atoms with Gasteiger partial charge < -0.3 is 10.0 Å². The van der Waals surface area contributed by atoms with Crippen molar-refractivity contribution in [2.24, 2.45) is 5.92 Å². The van der Waals surface area contributed by atoms with Crippen molar-refractivity contribution in [1.82, 2.24) is 9.62 Å². The summed E-state index contributed by atoms with van der Waals surface area (Å²) in [5.74, 6) is -0.713. The number of nitrogens with zero attached hydrogens (tertiary/aromatic N) is 1. The van der Waals surface area contributed by atoms with Crippen LogP contribution >= 0.6 is 0 Å². The van der Waals surface area contributed by atoms with E-state index in [2.05, 4.69) is 4.72 Å². The molecule has 6 nitrogen and oxygen atoms in total. The largest absolute Gasteiger partial charge is 0.481 e. The predicted molar refractivity (Wildman–Crippen MR) is 75.6 cm³/mol. The highest BCUT2D eigenvalue weighted by atomic mass is 32.2. The van der Waals surface area contributed by atoms with E-state index < -0.39 is 16.0 Å². The Kier molecular flexibility index (Phi) is 8.20. The lowest BCUT2D eigenvalue weighted by Crippen LogP contribution is -2.43. The van der Waals surface area contributed by atoms with Crippen LogP contribution < -0.4 is 4.72 Å². The molecule has 0 aromatic rings. The van der Waals surface area contributed by atoms with E-state index in [4.69, 9.17) is 5.11 Å². The molecule has 0 aliphatic rings. The maximum atomic E-state index is 11.9. The maximum Gasteiger partial charge on any atom is 0.303 e. The molecular weight excluding hydrogens is 268 g/mol. The van der Waals surface area contributed by atoms with Crippen LogP contribution in [0.5, 0.6) is 0 Å². The minimum atomic E-state index is -3.41. The molecule has 0 saturated heterocycles. The average Bonchev–Trinajstić information content (AvgIpc) is 2.12. The van der Waals surface area contributed by atoms with Crippen LogP contribution in [0.25, 0.3) is 0 Å². The van der Waals surface area contributed by atoms with Gasteiger partial charge in [-0.1, -0.05) is 13.8 Å². The molecule has 1 unspecified atom stereocenters. The van der Waals surface area contributed by atoms with E-state index >= 15 is 0 Å². The molecule has 2 N–H and O–H groups in total. The Bertz CT molecular complexity index is 356. The third-order valence-electron chi connectivity index (χ3n) is 2.49. The van der Waals surface area contributed by atoms with E-state index in [0.29, 0.717) is 12.5 Å². The first-order valence-electron chi connectivity index (χ1n) is 6.49. The van der Waals surface area contributed by atoms with Crippen molar-refractivity contribution in [2.45, 2.75) is 39.2 Å². The predicted octanol–water partition coefficient (Wildman–Crippen LogP) is 0.747. The van der Waals surface area contributed by atoms with Crippen molar-refractivity contribution < 1.29 is 18.3 Å². The Labute approximate surface area is 116 Å². The van der Waals surface area contributed by atoms with E-state index in [1.807, 2.05) is 32.8 Å². The highest BCUT2D eigenvalue weighted by Crippen LogP contribution is 2.07. The van der Waals surface area contributed by atoms with Gasteiger partial charge in [-0.15, -0.1) is 0 Å². The number of carbonyl (C=O) groups is 1. The smallest absolute Gasteiger partial charge is 0.303 e. The Morgan fingerprint density at radius 2 is 1.89 bits per heavy atom. The van der Waals surface area contributed by atoms with Crippen LogP contribution in [0.2, 0.25) is 0 Å². The van der Waals surface area contributed by atoms with Crippen LogP contribution in [0, 0.1) is 5.92 Å². The number of carboxylic acid groups (broad SMARTS) is 1. The summed E-state index contributed by atoms with van der Waals surface area (Å²) < 4.78 is 26.4. The summed E-state index contributed by atoms with van der Waals surface area (Å²) in [6.07, 6.45) is 0.779. The van der Waals surface area contributed by atoms with Crippen LogP contribution in [0.4, 0.5) is 0 Å². The zero-order chi connectivity index (χ0) is 15.1. The maximum absolute atomic E-state index is 11.9. The summed E-state index contributed by atoms with van der Waals surface area (Å²) in [6, 6.07) is -0.134. The normalized spacial score (nSPS) is 14.0. The quantitative estimate of drug-likeness (QED) is 0.621. The molecule has 0 amide bonds. The second kappa shape index (κ2) is 8.50. The van der Waals surface area contributed by atoms with Gasteiger partial charge in [-0.25, -0.2) is 13.1 Å². The number of nitrogens with one attached hydrogen (secondary N) is 1. The number of hydrogen-bond donors (Lipinski definition) is 2. The number of rotatable bonds is 10. The van der Waals surface area contributed by atoms with Gasteiger partial charge in [0.25, 0.3) is 0 Å². The lowest BCUT2D eigenvalue weighted by atomic mass is 10.0. The molecule has 0 radical (unpaired) electrons. The Hall–Kier alpha value is -0.660. The number of sulfonamides is 1. The van der Waals surface area contributed by atoms with Crippen LogP contribution in [0.15, 0.2) is 0 Å². The van der Waals surface area contributed by atoms with E-state index in [1.165, 1.54) is 0 Å². The van der Waals surface area contributed by atoms with Gasteiger partial charge in [0.2, 0.25) is 10.0 Å². The SMILES string of the molecule is CC(C)CC(CN(C)C)NS(=O)(=O)CCCC(=O)O. The molecule has 0 saturated carbocycles. The number of hydrogen-bond acceptors (Lipinski definition) is 4. The van der Waals surface area contributed by atoms with Gasteiger partial charge in [-0.2, -0.15) is 0 Å². The van der Waals surface area contributed by atoms with Gasteiger partial charge in [-0.3, -0.25) is 4.79 Å². The zero-order valence-corrected chi connectivity index (χ0v) is 13.0. The molecule has 114 valence electrons. The van der Waals surface area contributed by atoms with E-state index in [1.54, 1.807) is 0 Å².